The Kier molecular flexibility index (Phi) is 4.49. The van der Waals surface area contributed by atoms with Crippen molar-refractivity contribution in [3.05, 3.63) is 50.0 Å². The number of rotatable bonds is 4. The van der Waals surface area contributed by atoms with Crippen molar-refractivity contribution < 1.29 is 4.79 Å². The largest absolute Gasteiger partial charge is 0.352 e. The van der Waals surface area contributed by atoms with E-state index in [4.69, 9.17) is 0 Å². The number of carbonyl (C=O) groups excluding carboxylic acids is 1. The Morgan fingerprint density at radius 2 is 2.35 bits per heavy atom. The molecule has 0 aliphatic heterocycles. The molecule has 17 heavy (non-hydrogen) atoms. The van der Waals surface area contributed by atoms with Crippen LogP contribution in [-0.4, -0.2) is 17.4 Å². The predicted octanol–water partition coefficient (Wildman–Crippen LogP) is 2.72. The first-order chi connectivity index (χ1) is 8.25. The van der Waals surface area contributed by atoms with E-state index in [1.807, 2.05) is 29.6 Å². The minimum absolute atomic E-state index is 0.0138. The van der Waals surface area contributed by atoms with Gasteiger partial charge in [0.1, 0.15) is 0 Å². The molecule has 0 fully saturated rings. The standard InChI is InChI=1S/C12H11IN2OS/c13-11-7-9(8-17-11)12(16)15-6-4-10-3-1-2-5-14-10/h1-3,5,7-8H,4,6H2,(H,15,16). The number of thiophene rings is 1. The van der Waals surface area contributed by atoms with E-state index in [1.54, 1.807) is 17.5 Å². The number of pyridine rings is 1. The smallest absolute Gasteiger partial charge is 0.252 e. The topological polar surface area (TPSA) is 42.0 Å². The molecule has 2 rings (SSSR count). The number of hydrogen-bond donors (Lipinski definition) is 1. The van der Waals surface area contributed by atoms with Gasteiger partial charge in [0, 0.05) is 30.2 Å². The van der Waals surface area contributed by atoms with Crippen LogP contribution < -0.4 is 5.32 Å². The third-order valence-corrected chi connectivity index (χ3v) is 4.01. The molecule has 0 saturated heterocycles. The van der Waals surface area contributed by atoms with Crippen molar-refractivity contribution in [3.63, 3.8) is 0 Å². The molecule has 88 valence electrons. The molecule has 0 aliphatic carbocycles. The molecule has 3 nitrogen and oxygen atoms in total. The van der Waals surface area contributed by atoms with Crippen LogP contribution in [0.1, 0.15) is 16.1 Å². The Hall–Kier alpha value is -0.950. The lowest BCUT2D eigenvalue weighted by molar-refractivity contribution is 0.0954. The van der Waals surface area contributed by atoms with Gasteiger partial charge in [0.2, 0.25) is 0 Å². The number of amides is 1. The second-order valence-corrected chi connectivity index (χ2v) is 6.27. The van der Waals surface area contributed by atoms with Crippen molar-refractivity contribution in [1.82, 2.24) is 10.3 Å². The molecule has 2 aromatic rings. The number of aromatic nitrogens is 1. The van der Waals surface area contributed by atoms with Gasteiger partial charge in [-0.3, -0.25) is 9.78 Å². The molecule has 1 N–H and O–H groups in total. The predicted molar refractivity (Wildman–Crippen MR) is 77.3 cm³/mol. The molecule has 0 saturated carbocycles. The van der Waals surface area contributed by atoms with E-state index >= 15 is 0 Å². The van der Waals surface area contributed by atoms with Gasteiger partial charge in [0.05, 0.1) is 8.45 Å². The van der Waals surface area contributed by atoms with Crippen LogP contribution in [0.4, 0.5) is 0 Å². The first-order valence-corrected chi connectivity index (χ1v) is 7.13. The Morgan fingerprint density at radius 1 is 1.47 bits per heavy atom. The molecule has 0 radical (unpaired) electrons. The van der Waals surface area contributed by atoms with Crippen molar-refractivity contribution in [3.8, 4) is 0 Å². The molecule has 1 amide bonds. The van der Waals surface area contributed by atoms with Crippen LogP contribution in [0.15, 0.2) is 35.8 Å². The first kappa shape index (κ1) is 12.5. The molecule has 0 aliphatic rings. The molecule has 0 spiro atoms. The Bertz CT molecular complexity index is 498. The summed E-state index contributed by atoms with van der Waals surface area (Å²) in [5.74, 6) is -0.0138. The average Bonchev–Trinajstić information content (AvgIpc) is 2.77. The summed E-state index contributed by atoms with van der Waals surface area (Å²) in [5.41, 5.74) is 1.73. The van der Waals surface area contributed by atoms with E-state index in [1.165, 1.54) is 0 Å². The Morgan fingerprint density at radius 3 is 3.00 bits per heavy atom. The van der Waals surface area contributed by atoms with Crippen LogP contribution >= 0.6 is 33.9 Å². The van der Waals surface area contributed by atoms with Crippen LogP contribution in [0.3, 0.4) is 0 Å². The lowest BCUT2D eigenvalue weighted by atomic mass is 10.2. The summed E-state index contributed by atoms with van der Waals surface area (Å²) in [6, 6.07) is 7.68. The van der Waals surface area contributed by atoms with Gasteiger partial charge in [-0.15, -0.1) is 11.3 Å². The van der Waals surface area contributed by atoms with Crippen LogP contribution in [-0.2, 0) is 6.42 Å². The van der Waals surface area contributed by atoms with E-state index in [9.17, 15) is 4.79 Å². The van der Waals surface area contributed by atoms with Crippen molar-refractivity contribution in [1.29, 1.82) is 0 Å². The fraction of sp³-hybridized carbons (Fsp3) is 0.167. The maximum Gasteiger partial charge on any atom is 0.252 e. The summed E-state index contributed by atoms with van der Waals surface area (Å²) >= 11 is 3.79. The molecule has 2 aromatic heterocycles. The van der Waals surface area contributed by atoms with Gasteiger partial charge in [-0.2, -0.15) is 0 Å². The molecule has 0 atom stereocenters. The highest BCUT2D eigenvalue weighted by Gasteiger charge is 2.06. The Labute approximate surface area is 117 Å². The summed E-state index contributed by atoms with van der Waals surface area (Å²) in [5, 5.41) is 4.76. The molecule has 5 heteroatoms. The zero-order valence-corrected chi connectivity index (χ0v) is 12.0. The van der Waals surface area contributed by atoms with E-state index in [-0.39, 0.29) is 5.91 Å². The molecular weight excluding hydrogens is 347 g/mol. The number of hydrogen-bond acceptors (Lipinski definition) is 3. The monoisotopic (exact) mass is 358 g/mol. The summed E-state index contributed by atoms with van der Waals surface area (Å²) in [7, 11) is 0. The van der Waals surface area contributed by atoms with Gasteiger partial charge < -0.3 is 5.32 Å². The third-order valence-electron chi connectivity index (χ3n) is 2.22. The summed E-state index contributed by atoms with van der Waals surface area (Å²) in [4.78, 5) is 15.9. The van der Waals surface area contributed by atoms with Gasteiger partial charge in [-0.1, -0.05) is 6.07 Å². The number of nitrogens with one attached hydrogen (secondary N) is 1. The molecule has 0 bridgehead atoms. The van der Waals surface area contributed by atoms with Gasteiger partial charge in [0.25, 0.3) is 5.91 Å². The van der Waals surface area contributed by atoms with Crippen LogP contribution in [0.2, 0.25) is 0 Å². The normalized spacial score (nSPS) is 10.2. The minimum atomic E-state index is -0.0138. The van der Waals surface area contributed by atoms with E-state index < -0.39 is 0 Å². The number of halogens is 1. The van der Waals surface area contributed by atoms with E-state index in [0.29, 0.717) is 6.54 Å². The first-order valence-electron chi connectivity index (χ1n) is 5.18. The van der Waals surface area contributed by atoms with Gasteiger partial charge in [-0.05, 0) is 40.8 Å². The fourth-order valence-electron chi connectivity index (χ4n) is 1.38. The maximum atomic E-state index is 11.7. The summed E-state index contributed by atoms with van der Waals surface area (Å²) in [6.45, 7) is 0.613. The molecule has 0 unspecified atom stereocenters. The maximum absolute atomic E-state index is 11.7. The number of nitrogens with zero attached hydrogens (tertiary/aromatic N) is 1. The minimum Gasteiger partial charge on any atom is -0.352 e. The van der Waals surface area contributed by atoms with Crippen molar-refractivity contribution in [2.24, 2.45) is 0 Å². The lowest BCUT2D eigenvalue weighted by Crippen LogP contribution is -2.25. The molecule has 2 heterocycles. The molecular formula is C12H11IN2OS. The highest BCUT2D eigenvalue weighted by Crippen LogP contribution is 2.16. The highest BCUT2D eigenvalue weighted by atomic mass is 127. The lowest BCUT2D eigenvalue weighted by Gasteiger charge is -2.03. The van der Waals surface area contributed by atoms with Crippen molar-refractivity contribution >= 4 is 39.8 Å². The van der Waals surface area contributed by atoms with E-state index in [2.05, 4.69) is 32.9 Å². The quantitative estimate of drug-likeness (QED) is 0.854. The summed E-state index contributed by atoms with van der Waals surface area (Å²) < 4.78 is 1.12. The highest BCUT2D eigenvalue weighted by molar-refractivity contribution is 14.1. The van der Waals surface area contributed by atoms with Crippen LogP contribution in [0, 0.1) is 2.88 Å². The summed E-state index contributed by atoms with van der Waals surface area (Å²) in [6.07, 6.45) is 2.52. The zero-order valence-electron chi connectivity index (χ0n) is 9.02. The number of carbonyl (C=O) groups is 1. The second-order valence-electron chi connectivity index (χ2n) is 3.47. The Balaban J connectivity index is 1.81. The average molecular weight is 358 g/mol. The van der Waals surface area contributed by atoms with Crippen molar-refractivity contribution in [2.45, 2.75) is 6.42 Å². The van der Waals surface area contributed by atoms with Crippen LogP contribution in [0.5, 0.6) is 0 Å². The zero-order chi connectivity index (χ0) is 12.1. The van der Waals surface area contributed by atoms with Gasteiger partial charge in [0.15, 0.2) is 0 Å². The van der Waals surface area contributed by atoms with E-state index in [0.717, 1.165) is 20.6 Å². The fourth-order valence-corrected chi connectivity index (χ4v) is 2.71. The second kappa shape index (κ2) is 6.11. The van der Waals surface area contributed by atoms with Crippen molar-refractivity contribution in [2.75, 3.05) is 6.54 Å². The SMILES string of the molecule is O=C(NCCc1ccccn1)c1csc(I)c1. The van der Waals surface area contributed by atoms with Gasteiger partial charge in [-0.25, -0.2) is 0 Å². The van der Waals surface area contributed by atoms with Gasteiger partial charge >= 0.3 is 0 Å². The third kappa shape index (κ3) is 3.78. The molecule has 0 aromatic carbocycles. The van der Waals surface area contributed by atoms with Crippen LogP contribution in [0.25, 0.3) is 0 Å².